The van der Waals surface area contributed by atoms with Gasteiger partial charge in [0.25, 0.3) is 0 Å². The fraction of sp³-hybridized carbons (Fsp3) is 0.333. The lowest BCUT2D eigenvalue weighted by Crippen LogP contribution is -2.26. The molecule has 2 aromatic rings. The molecular weight excluding hydrogens is 460 g/mol. The third-order valence-corrected chi connectivity index (χ3v) is 7.20. The van der Waals surface area contributed by atoms with Gasteiger partial charge in [-0.15, -0.1) is 0 Å². The molecule has 0 aliphatic carbocycles. The van der Waals surface area contributed by atoms with Crippen LogP contribution in [0.25, 0.3) is 5.57 Å². The average molecular weight is 505 g/mol. The van der Waals surface area contributed by atoms with Crippen molar-refractivity contribution in [3.8, 4) is 0 Å². The van der Waals surface area contributed by atoms with Gasteiger partial charge in [-0.3, -0.25) is 9.98 Å². The van der Waals surface area contributed by atoms with Crippen molar-refractivity contribution >= 4 is 11.3 Å². The van der Waals surface area contributed by atoms with Crippen molar-refractivity contribution in [2.75, 3.05) is 0 Å². The van der Waals surface area contributed by atoms with E-state index in [2.05, 4.69) is 113 Å². The Hall–Kier alpha value is -3.52. The zero-order chi connectivity index (χ0) is 27.5. The van der Waals surface area contributed by atoms with Crippen LogP contribution in [0, 0.1) is 17.8 Å². The molecule has 0 spiro atoms. The first kappa shape index (κ1) is 29.0. The Kier molecular flexibility index (Phi) is 11.0. The normalized spacial score (nSPS) is 22.2. The fourth-order valence-corrected chi connectivity index (χ4v) is 5.31. The molecule has 1 aliphatic rings. The van der Waals surface area contributed by atoms with E-state index >= 15 is 0 Å². The number of nitrogens with zero attached hydrogens (tertiary/aromatic N) is 2. The Bertz CT molecular complexity index is 1230. The predicted molar refractivity (Wildman–Crippen MR) is 166 cm³/mol. The van der Waals surface area contributed by atoms with Crippen molar-refractivity contribution in [3.05, 3.63) is 132 Å². The largest absolute Gasteiger partial charge is 0.264 e. The molecule has 1 aliphatic heterocycles. The summed E-state index contributed by atoms with van der Waals surface area (Å²) in [5.41, 5.74) is 9.13. The van der Waals surface area contributed by atoms with Crippen molar-refractivity contribution < 1.29 is 0 Å². The maximum absolute atomic E-state index is 5.22. The Morgan fingerprint density at radius 2 is 1.79 bits per heavy atom. The highest BCUT2D eigenvalue weighted by Gasteiger charge is 2.30. The summed E-state index contributed by atoms with van der Waals surface area (Å²) >= 11 is 0. The van der Waals surface area contributed by atoms with Crippen LogP contribution in [0.1, 0.15) is 71.4 Å². The Morgan fingerprint density at radius 1 is 1.03 bits per heavy atom. The van der Waals surface area contributed by atoms with Gasteiger partial charge in [0.1, 0.15) is 0 Å². The van der Waals surface area contributed by atoms with Crippen LogP contribution in [-0.4, -0.2) is 10.7 Å². The summed E-state index contributed by atoms with van der Waals surface area (Å²) in [6.45, 7) is 19.6. The van der Waals surface area contributed by atoms with Gasteiger partial charge in [0.05, 0.1) is 11.4 Å². The standard InChI is InChI=1S/C36H44N2/c1-8-30-24-35(32-17-13-21-37-25-32)38-34(20-19-26(2)3)18-12-14-28(6)36(30)33(22-27(4)5)23-29(7)31-15-10-9-11-16-31/h9-11,13,15-23,25,28,30,36H,2,7-8,12,14,24H2,1,3-6H3/b20-19+,33-23+,34-18+,38-35?. The SMILES string of the molecule is C=C(C)/C=C/C1=C\CCC(C)C(/C(C=C(C)C)=C/C(=C)c2ccccc2)C(CC)CC(c2cccnc2)=N1. The van der Waals surface area contributed by atoms with Gasteiger partial charge < -0.3 is 0 Å². The van der Waals surface area contributed by atoms with Crippen LogP contribution in [0.15, 0.2) is 126 Å². The highest BCUT2D eigenvalue weighted by Crippen LogP contribution is 2.39. The van der Waals surface area contributed by atoms with E-state index in [1.165, 1.54) is 16.7 Å². The number of benzene rings is 1. The summed E-state index contributed by atoms with van der Waals surface area (Å²) in [6, 6.07) is 14.6. The number of aromatic nitrogens is 1. The zero-order valence-corrected chi connectivity index (χ0v) is 24.0. The van der Waals surface area contributed by atoms with E-state index in [0.29, 0.717) is 17.8 Å². The molecule has 0 bridgehead atoms. The van der Waals surface area contributed by atoms with Crippen LogP contribution in [0.3, 0.4) is 0 Å². The third-order valence-electron chi connectivity index (χ3n) is 7.20. The summed E-state index contributed by atoms with van der Waals surface area (Å²) in [5, 5.41) is 0. The first-order chi connectivity index (χ1) is 18.3. The molecule has 0 N–H and O–H groups in total. The minimum Gasteiger partial charge on any atom is -0.264 e. The van der Waals surface area contributed by atoms with Crippen molar-refractivity contribution in [3.63, 3.8) is 0 Å². The van der Waals surface area contributed by atoms with E-state index < -0.39 is 0 Å². The van der Waals surface area contributed by atoms with Crippen molar-refractivity contribution in [1.29, 1.82) is 0 Å². The molecule has 3 atom stereocenters. The van der Waals surface area contributed by atoms with E-state index in [1.54, 1.807) is 0 Å². The van der Waals surface area contributed by atoms with Crippen molar-refractivity contribution in [2.45, 2.75) is 60.3 Å². The summed E-state index contributed by atoms with van der Waals surface area (Å²) in [4.78, 5) is 9.65. The third kappa shape index (κ3) is 8.52. The van der Waals surface area contributed by atoms with E-state index in [-0.39, 0.29) is 0 Å². The Balaban J connectivity index is 2.12. The zero-order valence-electron chi connectivity index (χ0n) is 24.0. The van der Waals surface area contributed by atoms with Crippen molar-refractivity contribution in [1.82, 2.24) is 4.98 Å². The number of hydrogen-bond donors (Lipinski definition) is 0. The monoisotopic (exact) mass is 504 g/mol. The topological polar surface area (TPSA) is 25.2 Å². The molecule has 2 heteroatoms. The molecule has 1 aromatic carbocycles. The predicted octanol–water partition coefficient (Wildman–Crippen LogP) is 9.96. The second-order valence-corrected chi connectivity index (χ2v) is 10.8. The summed E-state index contributed by atoms with van der Waals surface area (Å²) < 4.78 is 0. The maximum atomic E-state index is 5.22. The highest BCUT2D eigenvalue weighted by molar-refractivity contribution is 6.01. The molecule has 0 fully saturated rings. The van der Waals surface area contributed by atoms with Gasteiger partial charge in [-0.05, 0) is 86.6 Å². The molecule has 2 nitrogen and oxygen atoms in total. The van der Waals surface area contributed by atoms with Gasteiger partial charge >= 0.3 is 0 Å². The second kappa shape index (κ2) is 14.4. The molecule has 0 saturated heterocycles. The molecule has 0 saturated carbocycles. The fourth-order valence-electron chi connectivity index (χ4n) is 5.31. The van der Waals surface area contributed by atoms with Gasteiger partial charge in [-0.1, -0.05) is 105 Å². The van der Waals surface area contributed by atoms with Crippen LogP contribution >= 0.6 is 0 Å². The Morgan fingerprint density at radius 3 is 2.42 bits per heavy atom. The lowest BCUT2D eigenvalue weighted by atomic mass is 9.71. The van der Waals surface area contributed by atoms with Crippen LogP contribution in [0.4, 0.5) is 0 Å². The quantitative estimate of drug-likeness (QED) is 0.328. The van der Waals surface area contributed by atoms with Gasteiger partial charge in [0.15, 0.2) is 0 Å². The Labute approximate surface area is 231 Å². The minimum absolute atomic E-state index is 0.387. The molecule has 198 valence electrons. The van der Waals surface area contributed by atoms with E-state index in [1.807, 2.05) is 25.4 Å². The first-order valence-corrected chi connectivity index (χ1v) is 13.9. The van der Waals surface area contributed by atoms with Gasteiger partial charge in [0.2, 0.25) is 0 Å². The highest BCUT2D eigenvalue weighted by atomic mass is 14.8. The average Bonchev–Trinajstić information content (AvgIpc) is 2.90. The molecule has 1 aromatic heterocycles. The van der Waals surface area contributed by atoms with E-state index in [0.717, 1.165) is 53.8 Å². The maximum Gasteiger partial charge on any atom is 0.0593 e. The van der Waals surface area contributed by atoms with E-state index in [4.69, 9.17) is 4.99 Å². The van der Waals surface area contributed by atoms with Crippen LogP contribution in [0.5, 0.6) is 0 Å². The summed E-state index contributed by atoms with van der Waals surface area (Å²) in [5.74, 6) is 1.32. The van der Waals surface area contributed by atoms with E-state index in [9.17, 15) is 0 Å². The molecule has 2 heterocycles. The molecule has 38 heavy (non-hydrogen) atoms. The molecule has 0 radical (unpaired) electrons. The minimum atomic E-state index is 0.387. The number of hydrogen-bond acceptors (Lipinski definition) is 2. The van der Waals surface area contributed by atoms with Gasteiger partial charge in [0, 0.05) is 18.0 Å². The summed E-state index contributed by atoms with van der Waals surface area (Å²) in [6.07, 6.45) is 19.0. The van der Waals surface area contributed by atoms with Crippen LogP contribution in [0.2, 0.25) is 0 Å². The van der Waals surface area contributed by atoms with Gasteiger partial charge in [-0.25, -0.2) is 0 Å². The molecular formula is C36H44N2. The van der Waals surface area contributed by atoms with Crippen LogP contribution < -0.4 is 0 Å². The lowest BCUT2D eigenvalue weighted by Gasteiger charge is -2.34. The molecule has 3 rings (SSSR count). The smallest absolute Gasteiger partial charge is 0.0593 e. The second-order valence-electron chi connectivity index (χ2n) is 10.8. The lowest BCUT2D eigenvalue weighted by molar-refractivity contribution is 0.272. The number of aliphatic imine (C=N–C) groups is 1. The van der Waals surface area contributed by atoms with Crippen molar-refractivity contribution in [2.24, 2.45) is 22.7 Å². The molecule has 3 unspecified atom stereocenters. The van der Waals surface area contributed by atoms with Crippen LogP contribution in [-0.2, 0) is 0 Å². The number of rotatable bonds is 8. The number of allylic oxidation sites excluding steroid dienone is 9. The first-order valence-electron chi connectivity index (χ1n) is 13.9. The molecule has 0 amide bonds. The number of pyridine rings is 1. The van der Waals surface area contributed by atoms with Gasteiger partial charge in [-0.2, -0.15) is 0 Å². The summed E-state index contributed by atoms with van der Waals surface area (Å²) in [7, 11) is 0.